The summed E-state index contributed by atoms with van der Waals surface area (Å²) in [6, 6.07) is 7.80. The first kappa shape index (κ1) is 17.3. The summed E-state index contributed by atoms with van der Waals surface area (Å²) in [7, 11) is 1.36. The number of nitrogens with one attached hydrogen (secondary N) is 1. The minimum atomic E-state index is -0.262. The lowest BCUT2D eigenvalue weighted by Gasteiger charge is -2.09. The molecule has 0 saturated heterocycles. The average molecular weight is 335 g/mol. The molecule has 1 heterocycles. The zero-order valence-corrected chi connectivity index (χ0v) is 14.2. The summed E-state index contributed by atoms with van der Waals surface area (Å²) < 4.78 is 6.51. The van der Waals surface area contributed by atoms with Gasteiger partial charge in [-0.1, -0.05) is 12.1 Å². The molecule has 0 radical (unpaired) electrons. The van der Waals surface area contributed by atoms with Gasteiger partial charge < -0.3 is 14.6 Å². The van der Waals surface area contributed by atoms with Crippen molar-refractivity contribution in [1.29, 1.82) is 0 Å². The Hall–Kier alpha value is -2.02. The molecule has 2 rings (SSSR count). The zero-order valence-electron chi connectivity index (χ0n) is 13.4. The number of fused-ring (bicyclic) bond motifs is 1. The number of carbonyl (C=O) groups excluding carboxylic acids is 2. The highest BCUT2D eigenvalue weighted by molar-refractivity contribution is 7.97. The van der Waals surface area contributed by atoms with Crippen LogP contribution in [0.4, 0.5) is 0 Å². The van der Waals surface area contributed by atoms with Crippen molar-refractivity contribution < 1.29 is 14.3 Å². The third-order valence-electron chi connectivity index (χ3n) is 3.42. The molecule has 0 aliphatic heterocycles. The van der Waals surface area contributed by atoms with Gasteiger partial charge in [0.25, 0.3) is 0 Å². The smallest absolute Gasteiger partial charge is 0.305 e. The lowest BCUT2D eigenvalue weighted by Crippen LogP contribution is -2.29. The van der Waals surface area contributed by atoms with E-state index in [0.717, 1.165) is 22.6 Å². The van der Waals surface area contributed by atoms with Crippen LogP contribution in [0.2, 0.25) is 0 Å². The number of rotatable bonds is 8. The van der Waals surface area contributed by atoms with Gasteiger partial charge in [0.05, 0.1) is 23.9 Å². The SMILES string of the molecule is COC(=O)CCCNC(=O)Cn1c(CSC)nc2ccccc21. The number of carbonyl (C=O) groups is 2. The van der Waals surface area contributed by atoms with E-state index in [-0.39, 0.29) is 18.4 Å². The molecule has 0 fully saturated rings. The summed E-state index contributed by atoms with van der Waals surface area (Å²) >= 11 is 1.67. The van der Waals surface area contributed by atoms with Crippen LogP contribution >= 0.6 is 11.8 Å². The number of benzene rings is 1. The molecule has 1 aromatic heterocycles. The predicted octanol–water partition coefficient (Wildman–Crippen LogP) is 1.97. The second-order valence-electron chi connectivity index (χ2n) is 5.07. The first-order chi connectivity index (χ1) is 11.2. The predicted molar refractivity (Wildman–Crippen MR) is 91.2 cm³/mol. The monoisotopic (exact) mass is 335 g/mol. The number of imidazole rings is 1. The van der Waals surface area contributed by atoms with Gasteiger partial charge in [0.1, 0.15) is 12.4 Å². The molecular weight excluding hydrogens is 314 g/mol. The number of ether oxygens (including phenoxy) is 1. The summed E-state index contributed by atoms with van der Waals surface area (Å²) in [4.78, 5) is 27.8. The van der Waals surface area contributed by atoms with Gasteiger partial charge in [-0.25, -0.2) is 4.98 Å². The molecule has 1 amide bonds. The van der Waals surface area contributed by atoms with Crippen LogP contribution in [0.3, 0.4) is 0 Å². The van der Waals surface area contributed by atoms with Crippen LogP contribution in [-0.2, 0) is 26.6 Å². The van der Waals surface area contributed by atoms with Crippen LogP contribution in [0.5, 0.6) is 0 Å². The van der Waals surface area contributed by atoms with Crippen molar-refractivity contribution in [1.82, 2.24) is 14.9 Å². The molecule has 0 atom stereocenters. The van der Waals surface area contributed by atoms with Gasteiger partial charge in [0, 0.05) is 13.0 Å². The Morgan fingerprint density at radius 3 is 2.87 bits per heavy atom. The number of thioether (sulfide) groups is 1. The number of nitrogens with zero attached hydrogens (tertiary/aromatic N) is 2. The number of methoxy groups -OCH3 is 1. The quantitative estimate of drug-likeness (QED) is 0.590. The Morgan fingerprint density at radius 2 is 2.13 bits per heavy atom. The Bertz CT molecular complexity index is 684. The molecule has 1 N–H and O–H groups in total. The van der Waals surface area contributed by atoms with Crippen LogP contribution in [-0.4, -0.2) is 41.3 Å². The Balaban J connectivity index is 1.98. The molecule has 2 aromatic rings. The van der Waals surface area contributed by atoms with Crippen LogP contribution in [0.25, 0.3) is 11.0 Å². The normalized spacial score (nSPS) is 10.7. The van der Waals surface area contributed by atoms with E-state index in [2.05, 4.69) is 15.0 Å². The molecule has 124 valence electrons. The van der Waals surface area contributed by atoms with Crippen molar-refractivity contribution in [3.05, 3.63) is 30.1 Å². The largest absolute Gasteiger partial charge is 0.469 e. The van der Waals surface area contributed by atoms with Crippen LogP contribution in [0.1, 0.15) is 18.7 Å². The van der Waals surface area contributed by atoms with Gasteiger partial charge in [-0.05, 0) is 24.8 Å². The average Bonchev–Trinajstić information content (AvgIpc) is 2.89. The lowest BCUT2D eigenvalue weighted by molar-refractivity contribution is -0.140. The standard InChI is InChI=1S/C16H21N3O3S/c1-22-16(21)8-5-9-17-15(20)10-19-13-7-4-3-6-12(13)18-14(19)11-23-2/h3-4,6-7H,5,8-11H2,1-2H3,(H,17,20). The third-order valence-corrected chi connectivity index (χ3v) is 3.96. The van der Waals surface area contributed by atoms with Crippen LogP contribution in [0, 0.1) is 0 Å². The van der Waals surface area contributed by atoms with E-state index in [9.17, 15) is 9.59 Å². The lowest BCUT2D eigenvalue weighted by atomic mass is 10.3. The highest BCUT2D eigenvalue weighted by atomic mass is 32.2. The van der Waals surface area contributed by atoms with Gasteiger partial charge in [0.2, 0.25) is 5.91 Å². The van der Waals surface area contributed by atoms with Gasteiger partial charge in [-0.2, -0.15) is 11.8 Å². The van der Waals surface area contributed by atoms with Crippen LogP contribution < -0.4 is 5.32 Å². The first-order valence-corrected chi connectivity index (χ1v) is 8.81. The fourth-order valence-electron chi connectivity index (χ4n) is 2.30. The Morgan fingerprint density at radius 1 is 1.35 bits per heavy atom. The Kier molecular flexibility index (Phi) is 6.46. The molecule has 6 nitrogen and oxygen atoms in total. The fraction of sp³-hybridized carbons (Fsp3) is 0.438. The molecule has 7 heteroatoms. The molecule has 0 bridgehead atoms. The molecule has 1 aromatic carbocycles. The molecule has 23 heavy (non-hydrogen) atoms. The highest BCUT2D eigenvalue weighted by Gasteiger charge is 2.13. The number of hydrogen-bond acceptors (Lipinski definition) is 5. The minimum absolute atomic E-state index is 0.0830. The molecule has 0 aliphatic rings. The number of hydrogen-bond donors (Lipinski definition) is 1. The summed E-state index contributed by atoms with van der Waals surface area (Å²) in [6.07, 6.45) is 2.89. The van der Waals surface area contributed by atoms with E-state index in [4.69, 9.17) is 0 Å². The maximum Gasteiger partial charge on any atom is 0.305 e. The molecule has 0 saturated carbocycles. The topological polar surface area (TPSA) is 73.2 Å². The first-order valence-electron chi connectivity index (χ1n) is 7.42. The van der Waals surface area contributed by atoms with Gasteiger partial charge >= 0.3 is 5.97 Å². The second-order valence-corrected chi connectivity index (χ2v) is 5.93. The Labute approximate surface area is 139 Å². The molecular formula is C16H21N3O3S. The van der Waals surface area contributed by atoms with Crippen molar-refractivity contribution in [2.24, 2.45) is 0 Å². The van der Waals surface area contributed by atoms with E-state index < -0.39 is 0 Å². The molecule has 0 unspecified atom stereocenters. The van der Waals surface area contributed by atoms with E-state index in [1.165, 1.54) is 7.11 Å². The summed E-state index contributed by atoms with van der Waals surface area (Å²) in [5, 5.41) is 2.83. The van der Waals surface area contributed by atoms with E-state index in [1.54, 1.807) is 11.8 Å². The third kappa shape index (κ3) is 4.72. The van der Waals surface area contributed by atoms with Crippen molar-refractivity contribution >= 4 is 34.7 Å². The summed E-state index contributed by atoms with van der Waals surface area (Å²) in [5.74, 6) is 1.30. The van der Waals surface area contributed by atoms with Crippen molar-refractivity contribution in [2.45, 2.75) is 25.1 Å². The van der Waals surface area contributed by atoms with Crippen molar-refractivity contribution in [2.75, 3.05) is 19.9 Å². The summed E-state index contributed by atoms with van der Waals surface area (Å²) in [5.41, 5.74) is 1.86. The number of aromatic nitrogens is 2. The van der Waals surface area contributed by atoms with E-state index in [1.807, 2.05) is 35.1 Å². The number of esters is 1. The molecule has 0 spiro atoms. The van der Waals surface area contributed by atoms with Crippen molar-refractivity contribution in [3.63, 3.8) is 0 Å². The zero-order chi connectivity index (χ0) is 16.7. The van der Waals surface area contributed by atoms with E-state index >= 15 is 0 Å². The number of para-hydroxylation sites is 2. The van der Waals surface area contributed by atoms with Gasteiger partial charge in [-0.3, -0.25) is 9.59 Å². The summed E-state index contributed by atoms with van der Waals surface area (Å²) in [6.45, 7) is 0.688. The van der Waals surface area contributed by atoms with Crippen LogP contribution in [0.15, 0.2) is 24.3 Å². The second kappa shape index (κ2) is 8.57. The highest BCUT2D eigenvalue weighted by Crippen LogP contribution is 2.18. The van der Waals surface area contributed by atoms with E-state index in [0.29, 0.717) is 19.4 Å². The molecule has 0 aliphatic carbocycles. The maximum atomic E-state index is 12.1. The maximum absolute atomic E-state index is 12.1. The minimum Gasteiger partial charge on any atom is -0.469 e. The fourth-order valence-corrected chi connectivity index (χ4v) is 2.78. The number of amides is 1. The van der Waals surface area contributed by atoms with Gasteiger partial charge in [0.15, 0.2) is 0 Å². The van der Waals surface area contributed by atoms with Crippen molar-refractivity contribution in [3.8, 4) is 0 Å². The van der Waals surface area contributed by atoms with Gasteiger partial charge in [-0.15, -0.1) is 0 Å².